The molecule has 1 aromatic rings. The van der Waals surface area contributed by atoms with Gasteiger partial charge < -0.3 is 19.3 Å². The average Bonchev–Trinajstić information content (AvgIpc) is 2.62. The van der Waals surface area contributed by atoms with Gasteiger partial charge in [-0.05, 0) is 38.0 Å². The van der Waals surface area contributed by atoms with Gasteiger partial charge in [-0.25, -0.2) is 0 Å². The van der Waals surface area contributed by atoms with Crippen molar-refractivity contribution in [1.29, 1.82) is 0 Å². The minimum atomic E-state index is -0.246. The Labute approximate surface area is 152 Å². The predicted octanol–water partition coefficient (Wildman–Crippen LogP) is 1.18. The average molecular weight is 362 g/mol. The number of likely N-dealkylation sites (tertiary alicyclic amines) is 2. The molecule has 0 saturated carbocycles. The van der Waals surface area contributed by atoms with Crippen molar-refractivity contribution in [3.05, 3.63) is 33.9 Å². The lowest BCUT2D eigenvalue weighted by molar-refractivity contribution is -0.139. The third-order valence-corrected chi connectivity index (χ3v) is 5.55. The number of carbonyl (C=O) groups is 2. The van der Waals surface area contributed by atoms with Crippen LogP contribution in [0.1, 0.15) is 48.4 Å². The molecule has 3 rings (SSSR count). The first-order valence-corrected chi connectivity index (χ1v) is 9.22. The minimum absolute atomic E-state index is 0.0492. The van der Waals surface area contributed by atoms with Gasteiger partial charge in [-0.1, -0.05) is 0 Å². The summed E-state index contributed by atoms with van der Waals surface area (Å²) >= 11 is 0. The number of amides is 2. The maximum absolute atomic E-state index is 12.6. The number of carbonyl (C=O) groups excluding carboxylic acids is 2. The van der Waals surface area contributed by atoms with Crippen LogP contribution >= 0.6 is 0 Å². The second-order valence-corrected chi connectivity index (χ2v) is 7.45. The van der Waals surface area contributed by atoms with Crippen molar-refractivity contribution in [2.24, 2.45) is 5.41 Å². The largest absolute Gasteiger partial charge is 0.456 e. The van der Waals surface area contributed by atoms with Gasteiger partial charge in [0.1, 0.15) is 5.76 Å². The molecule has 7 nitrogen and oxygen atoms in total. The van der Waals surface area contributed by atoms with Crippen LogP contribution in [0.15, 0.2) is 21.3 Å². The minimum Gasteiger partial charge on any atom is -0.456 e. The molecule has 1 spiro atoms. The fourth-order valence-corrected chi connectivity index (χ4v) is 4.02. The third kappa shape index (κ3) is 3.98. The second-order valence-electron chi connectivity index (χ2n) is 7.45. The van der Waals surface area contributed by atoms with Gasteiger partial charge in [-0.2, -0.15) is 0 Å². The van der Waals surface area contributed by atoms with Crippen molar-refractivity contribution in [2.45, 2.75) is 39.0 Å². The summed E-state index contributed by atoms with van der Waals surface area (Å²) in [6.45, 7) is 4.22. The van der Waals surface area contributed by atoms with E-state index in [1.54, 1.807) is 11.8 Å². The van der Waals surface area contributed by atoms with Crippen LogP contribution in [-0.2, 0) is 4.79 Å². The number of aliphatic hydroxyl groups is 1. The molecule has 2 amide bonds. The van der Waals surface area contributed by atoms with Gasteiger partial charge in [0.2, 0.25) is 5.91 Å². The van der Waals surface area contributed by atoms with E-state index in [1.807, 2.05) is 4.90 Å². The summed E-state index contributed by atoms with van der Waals surface area (Å²) in [5, 5.41) is 9.01. The molecule has 2 fully saturated rings. The van der Waals surface area contributed by atoms with Gasteiger partial charge in [-0.3, -0.25) is 14.4 Å². The molecular weight excluding hydrogens is 336 g/mol. The van der Waals surface area contributed by atoms with Gasteiger partial charge in [0, 0.05) is 51.3 Å². The first-order chi connectivity index (χ1) is 12.4. The molecular formula is C19H26N2O5. The molecule has 2 aliphatic heterocycles. The van der Waals surface area contributed by atoms with Crippen molar-refractivity contribution in [3.63, 3.8) is 0 Å². The Morgan fingerprint density at radius 2 is 1.96 bits per heavy atom. The monoisotopic (exact) mass is 362 g/mol. The molecule has 0 aromatic carbocycles. The Morgan fingerprint density at radius 3 is 2.62 bits per heavy atom. The summed E-state index contributed by atoms with van der Waals surface area (Å²) in [6.07, 6.45) is 3.64. The summed E-state index contributed by atoms with van der Waals surface area (Å²) in [4.78, 5) is 39.9. The molecule has 1 N–H and O–H groups in total. The summed E-state index contributed by atoms with van der Waals surface area (Å²) in [5.74, 6) is 0.433. The molecule has 0 unspecified atom stereocenters. The summed E-state index contributed by atoms with van der Waals surface area (Å²) in [5.41, 5.74) is -0.177. The third-order valence-electron chi connectivity index (χ3n) is 5.55. The first-order valence-electron chi connectivity index (χ1n) is 9.22. The molecule has 0 atom stereocenters. The number of aliphatic hydroxyl groups excluding tert-OH is 1. The highest BCUT2D eigenvalue weighted by Crippen LogP contribution is 2.40. The highest BCUT2D eigenvalue weighted by atomic mass is 16.3. The van der Waals surface area contributed by atoms with E-state index in [0.717, 1.165) is 19.3 Å². The van der Waals surface area contributed by atoms with Crippen molar-refractivity contribution in [1.82, 2.24) is 9.80 Å². The van der Waals surface area contributed by atoms with Crippen molar-refractivity contribution in [2.75, 3.05) is 32.8 Å². The van der Waals surface area contributed by atoms with Crippen LogP contribution in [0.2, 0.25) is 0 Å². The molecule has 2 saturated heterocycles. The molecule has 0 aliphatic carbocycles. The molecule has 0 bridgehead atoms. The lowest BCUT2D eigenvalue weighted by Crippen LogP contribution is -2.52. The van der Waals surface area contributed by atoms with Crippen LogP contribution in [0.5, 0.6) is 0 Å². The topological polar surface area (TPSA) is 91.1 Å². The van der Waals surface area contributed by atoms with E-state index in [1.165, 1.54) is 12.1 Å². The van der Waals surface area contributed by atoms with E-state index in [0.29, 0.717) is 44.8 Å². The Kier molecular flexibility index (Phi) is 5.46. The molecule has 1 aromatic heterocycles. The van der Waals surface area contributed by atoms with Crippen LogP contribution in [0.25, 0.3) is 0 Å². The normalized spacial score (nSPS) is 19.8. The van der Waals surface area contributed by atoms with Crippen molar-refractivity contribution < 1.29 is 19.1 Å². The van der Waals surface area contributed by atoms with Crippen LogP contribution < -0.4 is 5.43 Å². The number of hydrogen-bond acceptors (Lipinski definition) is 5. The molecule has 7 heteroatoms. The fourth-order valence-electron chi connectivity index (χ4n) is 4.02. The highest BCUT2D eigenvalue weighted by Gasteiger charge is 2.41. The molecule has 26 heavy (non-hydrogen) atoms. The fraction of sp³-hybridized carbons (Fsp3) is 0.632. The zero-order valence-corrected chi connectivity index (χ0v) is 15.2. The van der Waals surface area contributed by atoms with Crippen LogP contribution in [0, 0.1) is 12.3 Å². The van der Waals surface area contributed by atoms with Crippen molar-refractivity contribution in [3.8, 4) is 0 Å². The van der Waals surface area contributed by atoms with E-state index < -0.39 is 0 Å². The van der Waals surface area contributed by atoms with E-state index in [9.17, 15) is 14.4 Å². The van der Waals surface area contributed by atoms with Gasteiger partial charge in [0.25, 0.3) is 5.91 Å². The standard InChI is InChI=1S/C19H26N2O5/c1-14-11-15(23)12-16(26-14)18(25)20-8-5-19(6-9-20)4-3-17(24)21(13-19)7-2-10-22/h11-12,22H,2-10,13H2,1H3. The zero-order valence-electron chi connectivity index (χ0n) is 15.2. The van der Waals surface area contributed by atoms with Crippen LogP contribution in [-0.4, -0.2) is 59.5 Å². The van der Waals surface area contributed by atoms with E-state index in [4.69, 9.17) is 9.52 Å². The summed E-state index contributed by atoms with van der Waals surface area (Å²) in [6, 6.07) is 2.61. The maximum atomic E-state index is 12.6. The molecule has 2 aliphatic rings. The highest BCUT2D eigenvalue weighted by molar-refractivity contribution is 5.91. The lowest BCUT2D eigenvalue weighted by Gasteiger charge is -2.47. The smallest absolute Gasteiger partial charge is 0.289 e. The number of nitrogens with zero attached hydrogens (tertiary/aromatic N) is 2. The first kappa shape index (κ1) is 18.6. The molecule has 142 valence electrons. The number of piperidine rings is 2. The van der Waals surface area contributed by atoms with Crippen LogP contribution in [0.3, 0.4) is 0 Å². The molecule has 0 radical (unpaired) electrons. The lowest BCUT2D eigenvalue weighted by atomic mass is 9.72. The second kappa shape index (κ2) is 7.61. The van der Waals surface area contributed by atoms with Gasteiger partial charge in [-0.15, -0.1) is 0 Å². The Balaban J connectivity index is 1.64. The Bertz CT molecular complexity index is 734. The van der Waals surface area contributed by atoms with Crippen LogP contribution in [0.4, 0.5) is 0 Å². The number of rotatable bonds is 4. The van der Waals surface area contributed by atoms with E-state index in [-0.39, 0.29) is 35.0 Å². The zero-order chi connectivity index (χ0) is 18.7. The molecule has 3 heterocycles. The van der Waals surface area contributed by atoms with Gasteiger partial charge in [0.15, 0.2) is 11.2 Å². The quantitative estimate of drug-likeness (QED) is 0.868. The number of aryl methyl sites for hydroxylation is 1. The van der Waals surface area contributed by atoms with E-state index in [2.05, 4.69) is 0 Å². The number of hydrogen-bond donors (Lipinski definition) is 1. The van der Waals surface area contributed by atoms with Crippen molar-refractivity contribution >= 4 is 11.8 Å². The predicted molar refractivity (Wildman–Crippen MR) is 94.8 cm³/mol. The Morgan fingerprint density at radius 1 is 1.23 bits per heavy atom. The Hall–Kier alpha value is -2.15. The van der Waals surface area contributed by atoms with E-state index >= 15 is 0 Å². The van der Waals surface area contributed by atoms with Gasteiger partial charge >= 0.3 is 0 Å². The summed E-state index contributed by atoms with van der Waals surface area (Å²) in [7, 11) is 0. The SMILES string of the molecule is Cc1cc(=O)cc(C(=O)N2CCC3(CCC(=O)N(CCCO)C3)CC2)o1. The maximum Gasteiger partial charge on any atom is 0.289 e. The summed E-state index contributed by atoms with van der Waals surface area (Å²) < 4.78 is 5.42. The van der Waals surface area contributed by atoms with Gasteiger partial charge in [0.05, 0.1) is 0 Å².